The molecule has 0 aliphatic heterocycles. The van der Waals surface area contributed by atoms with Crippen molar-refractivity contribution in [1.29, 1.82) is 0 Å². The third kappa shape index (κ3) is 6.11. The maximum atomic E-state index is 11.8. The summed E-state index contributed by atoms with van der Waals surface area (Å²) >= 11 is 0. The summed E-state index contributed by atoms with van der Waals surface area (Å²) < 4.78 is 0. The van der Waals surface area contributed by atoms with E-state index in [9.17, 15) is 9.59 Å². The molecule has 0 aromatic heterocycles. The highest BCUT2D eigenvalue weighted by atomic mass is 16.2. The normalized spacial score (nSPS) is 16.1. The Morgan fingerprint density at radius 3 is 2.18 bits per heavy atom. The van der Waals surface area contributed by atoms with Gasteiger partial charge in [0.15, 0.2) is 0 Å². The molecule has 2 atom stereocenters. The van der Waals surface area contributed by atoms with Gasteiger partial charge < -0.3 is 22.1 Å². The summed E-state index contributed by atoms with van der Waals surface area (Å²) in [6, 6.07) is -1.38. The van der Waals surface area contributed by atoms with Crippen molar-refractivity contribution in [3.8, 4) is 0 Å². The highest BCUT2D eigenvalue weighted by Gasteiger charge is 2.28. The molecule has 0 bridgehead atoms. The van der Waals surface area contributed by atoms with E-state index in [-0.39, 0.29) is 5.91 Å². The van der Waals surface area contributed by atoms with Crippen molar-refractivity contribution < 1.29 is 9.59 Å². The fourth-order valence-corrected chi connectivity index (χ4v) is 1.77. The van der Waals surface area contributed by atoms with Gasteiger partial charge in [0.1, 0.15) is 6.04 Å². The molecule has 0 aromatic rings. The Balaban J connectivity index is 4.46. The first-order chi connectivity index (χ1) is 7.70. The van der Waals surface area contributed by atoms with Gasteiger partial charge >= 0.3 is 6.03 Å². The second kappa shape index (κ2) is 6.44. The van der Waals surface area contributed by atoms with Gasteiger partial charge in [-0.3, -0.25) is 4.79 Å². The molecule has 100 valence electrons. The lowest BCUT2D eigenvalue weighted by Crippen LogP contribution is -2.57. The Labute approximate surface area is 102 Å². The number of urea groups is 1. The van der Waals surface area contributed by atoms with Crippen LogP contribution < -0.4 is 22.1 Å². The average Bonchev–Trinajstić information content (AvgIpc) is 2.15. The van der Waals surface area contributed by atoms with E-state index in [2.05, 4.69) is 24.5 Å². The van der Waals surface area contributed by atoms with Crippen LogP contribution in [-0.4, -0.2) is 30.1 Å². The van der Waals surface area contributed by atoms with E-state index in [0.29, 0.717) is 12.5 Å². The van der Waals surface area contributed by atoms with Crippen LogP contribution in [0.2, 0.25) is 0 Å². The molecule has 2 unspecified atom stereocenters. The Morgan fingerprint density at radius 1 is 1.29 bits per heavy atom. The van der Waals surface area contributed by atoms with Crippen LogP contribution >= 0.6 is 0 Å². The predicted octanol–water partition coefficient (Wildman–Crippen LogP) is -0.0771. The minimum absolute atomic E-state index is 0.280. The molecule has 0 fully saturated rings. The van der Waals surface area contributed by atoms with Crippen LogP contribution in [0.15, 0.2) is 0 Å². The lowest BCUT2D eigenvalue weighted by atomic mass is 9.90. The fourth-order valence-electron chi connectivity index (χ4n) is 1.77. The Bertz CT molecular complexity index is 281. The summed E-state index contributed by atoms with van der Waals surface area (Å²) in [6.45, 7) is 7.94. The number of carbonyl (C=O) groups is 2. The molecule has 17 heavy (non-hydrogen) atoms. The lowest BCUT2D eigenvalue weighted by Gasteiger charge is -2.32. The molecule has 0 aliphatic carbocycles. The molecular formula is C11H24N4O2. The van der Waals surface area contributed by atoms with Crippen LogP contribution in [0.3, 0.4) is 0 Å². The molecule has 0 spiro atoms. The predicted molar refractivity (Wildman–Crippen MR) is 67.2 cm³/mol. The first kappa shape index (κ1) is 15.7. The minimum Gasteiger partial charge on any atom is -0.352 e. The largest absolute Gasteiger partial charge is 0.352 e. The van der Waals surface area contributed by atoms with Crippen LogP contribution in [0, 0.1) is 5.92 Å². The van der Waals surface area contributed by atoms with Crippen molar-refractivity contribution in [3.05, 3.63) is 0 Å². The Kier molecular flexibility index (Phi) is 5.95. The minimum atomic E-state index is -0.717. The average molecular weight is 244 g/mol. The second-order valence-corrected chi connectivity index (χ2v) is 5.08. The second-order valence-electron chi connectivity index (χ2n) is 5.08. The molecule has 6 N–H and O–H groups in total. The lowest BCUT2D eigenvalue weighted by molar-refractivity contribution is -0.124. The number of nitrogens with one attached hydrogen (secondary N) is 2. The number of rotatable bonds is 6. The highest BCUT2D eigenvalue weighted by Crippen LogP contribution is 2.15. The van der Waals surface area contributed by atoms with Gasteiger partial charge in [0.2, 0.25) is 5.91 Å². The van der Waals surface area contributed by atoms with Crippen molar-refractivity contribution in [1.82, 2.24) is 10.6 Å². The maximum Gasteiger partial charge on any atom is 0.312 e. The smallest absolute Gasteiger partial charge is 0.312 e. The zero-order valence-electron chi connectivity index (χ0n) is 11.0. The number of carbonyl (C=O) groups excluding carboxylic acids is 2. The number of nitrogens with two attached hydrogens (primary N) is 2. The summed E-state index contributed by atoms with van der Waals surface area (Å²) in [5.41, 5.74) is 10.2. The third-order valence-corrected chi connectivity index (χ3v) is 2.49. The van der Waals surface area contributed by atoms with E-state index in [1.165, 1.54) is 0 Å². The van der Waals surface area contributed by atoms with Crippen molar-refractivity contribution in [2.24, 2.45) is 17.4 Å². The van der Waals surface area contributed by atoms with Crippen molar-refractivity contribution in [3.63, 3.8) is 0 Å². The fraction of sp³-hybridized carbons (Fsp3) is 0.818. The van der Waals surface area contributed by atoms with Gasteiger partial charge in [0.05, 0.1) is 0 Å². The first-order valence-electron chi connectivity index (χ1n) is 5.78. The summed E-state index contributed by atoms with van der Waals surface area (Å²) in [7, 11) is 0. The quantitative estimate of drug-likeness (QED) is 0.524. The Morgan fingerprint density at radius 2 is 1.82 bits per heavy atom. The van der Waals surface area contributed by atoms with Gasteiger partial charge in [0.25, 0.3) is 0 Å². The van der Waals surface area contributed by atoms with Gasteiger partial charge in [-0.1, -0.05) is 13.8 Å². The maximum absolute atomic E-state index is 11.8. The van der Waals surface area contributed by atoms with Gasteiger partial charge in [-0.15, -0.1) is 0 Å². The molecule has 0 radical (unpaired) electrons. The molecule has 3 amide bonds. The number of hydrogen-bond donors (Lipinski definition) is 4. The third-order valence-electron chi connectivity index (χ3n) is 2.49. The van der Waals surface area contributed by atoms with Crippen LogP contribution in [-0.2, 0) is 4.79 Å². The summed E-state index contributed by atoms with van der Waals surface area (Å²) in [6.07, 6.45) is 0.776. The molecule has 6 nitrogen and oxygen atoms in total. The van der Waals surface area contributed by atoms with Crippen LogP contribution in [0.5, 0.6) is 0 Å². The van der Waals surface area contributed by atoms with Crippen molar-refractivity contribution >= 4 is 11.9 Å². The van der Waals surface area contributed by atoms with E-state index in [4.69, 9.17) is 11.5 Å². The van der Waals surface area contributed by atoms with Crippen molar-refractivity contribution in [2.75, 3.05) is 6.54 Å². The van der Waals surface area contributed by atoms with Gasteiger partial charge in [0, 0.05) is 12.1 Å². The molecule has 6 heteroatoms. The van der Waals surface area contributed by atoms with E-state index in [1.54, 1.807) is 6.92 Å². The number of primary amides is 1. The summed E-state index contributed by atoms with van der Waals surface area (Å²) in [5, 5.41) is 5.17. The van der Waals surface area contributed by atoms with E-state index < -0.39 is 17.6 Å². The van der Waals surface area contributed by atoms with E-state index in [1.807, 2.05) is 6.92 Å². The Hall–Kier alpha value is -1.30. The monoisotopic (exact) mass is 244 g/mol. The van der Waals surface area contributed by atoms with Gasteiger partial charge in [-0.25, -0.2) is 4.79 Å². The number of amides is 3. The molecule has 0 aliphatic rings. The molecule has 0 aromatic carbocycles. The molecule has 0 rings (SSSR count). The molecule has 0 saturated heterocycles. The topological polar surface area (TPSA) is 110 Å². The van der Waals surface area contributed by atoms with E-state index in [0.717, 1.165) is 6.42 Å². The summed E-state index contributed by atoms with van der Waals surface area (Å²) in [4.78, 5) is 22.4. The van der Waals surface area contributed by atoms with Crippen molar-refractivity contribution in [2.45, 2.75) is 45.7 Å². The SMILES string of the molecule is CC(C)CC(C)(CN)NC(=O)C(C)NC(N)=O. The molecule has 0 saturated carbocycles. The highest BCUT2D eigenvalue weighted by molar-refractivity contribution is 5.86. The van der Waals surface area contributed by atoms with E-state index >= 15 is 0 Å². The summed E-state index contributed by atoms with van der Waals surface area (Å²) in [5.74, 6) is 0.139. The van der Waals surface area contributed by atoms with Crippen LogP contribution in [0.1, 0.15) is 34.1 Å². The molecule has 0 heterocycles. The zero-order chi connectivity index (χ0) is 13.6. The standard InChI is InChI=1S/C11H24N4O2/c1-7(2)5-11(4,6-12)15-9(16)8(3)14-10(13)17/h7-8H,5-6,12H2,1-4H3,(H,15,16)(H3,13,14,17). The van der Waals surface area contributed by atoms with Gasteiger partial charge in [-0.05, 0) is 26.2 Å². The van der Waals surface area contributed by atoms with Gasteiger partial charge in [-0.2, -0.15) is 0 Å². The first-order valence-corrected chi connectivity index (χ1v) is 5.78. The van der Waals surface area contributed by atoms with Crippen LogP contribution in [0.25, 0.3) is 0 Å². The van der Waals surface area contributed by atoms with Crippen LogP contribution in [0.4, 0.5) is 4.79 Å². The molecular weight excluding hydrogens is 220 g/mol. The number of hydrogen-bond acceptors (Lipinski definition) is 3. The zero-order valence-corrected chi connectivity index (χ0v) is 11.0.